The van der Waals surface area contributed by atoms with Crippen LogP contribution in [-0.4, -0.2) is 27.7 Å². The first-order chi connectivity index (χ1) is 12.4. The van der Waals surface area contributed by atoms with Crippen molar-refractivity contribution in [2.75, 3.05) is 5.32 Å². The molecule has 0 bridgehead atoms. The second kappa shape index (κ2) is 6.67. The Labute approximate surface area is 152 Å². The lowest BCUT2D eigenvalue weighted by Crippen LogP contribution is -2.55. The number of aliphatic carboxylic acids is 2. The number of nitrogens with one attached hydrogen (secondary N) is 1. The van der Waals surface area contributed by atoms with Gasteiger partial charge in [-0.3, -0.25) is 4.79 Å². The molecule has 3 N–H and O–H groups in total. The Bertz CT molecular complexity index is 837. The van der Waals surface area contributed by atoms with Gasteiger partial charge < -0.3 is 15.5 Å². The summed E-state index contributed by atoms with van der Waals surface area (Å²) in [6.45, 7) is 1.58. The van der Waals surface area contributed by atoms with Crippen LogP contribution in [0, 0.1) is 11.3 Å². The van der Waals surface area contributed by atoms with Gasteiger partial charge in [-0.1, -0.05) is 60.7 Å². The minimum Gasteiger partial charge on any atom is -0.481 e. The van der Waals surface area contributed by atoms with Crippen molar-refractivity contribution >= 4 is 17.6 Å². The molecule has 26 heavy (non-hydrogen) atoms. The number of anilines is 1. The number of carboxylic acids is 2. The maximum atomic E-state index is 12.2. The van der Waals surface area contributed by atoms with E-state index in [0.29, 0.717) is 6.42 Å². The second-order valence-corrected chi connectivity index (χ2v) is 6.83. The summed E-state index contributed by atoms with van der Waals surface area (Å²) in [6, 6.07) is 9.42. The third kappa shape index (κ3) is 2.96. The summed E-state index contributed by atoms with van der Waals surface area (Å²) < 4.78 is 0. The molecule has 0 heterocycles. The predicted molar refractivity (Wildman–Crippen MR) is 99.8 cm³/mol. The van der Waals surface area contributed by atoms with Gasteiger partial charge in [-0.05, 0) is 25.5 Å². The zero-order valence-electron chi connectivity index (χ0n) is 14.4. The van der Waals surface area contributed by atoms with Crippen molar-refractivity contribution in [3.8, 4) is 0 Å². The zero-order valence-corrected chi connectivity index (χ0v) is 14.4. The molecule has 2 aliphatic carbocycles. The van der Waals surface area contributed by atoms with Gasteiger partial charge in [0.15, 0.2) is 0 Å². The Kier molecular flexibility index (Phi) is 4.55. The number of para-hydroxylation sites is 1. The number of hydrogen-bond donors (Lipinski definition) is 3. The van der Waals surface area contributed by atoms with E-state index < -0.39 is 28.8 Å². The average molecular weight is 351 g/mol. The van der Waals surface area contributed by atoms with E-state index in [1.54, 1.807) is 13.0 Å². The van der Waals surface area contributed by atoms with Crippen LogP contribution in [0.25, 0.3) is 0 Å². The number of rotatable bonds is 5. The molecule has 3 unspecified atom stereocenters. The SMILES string of the molecule is CC1(C(=O)O)C=CC=C(C(=O)O)C1C1(Nc2ccccc2)C=CC=CC1. The Balaban J connectivity index is 2.16. The Hall–Kier alpha value is -3.08. The van der Waals surface area contributed by atoms with Crippen molar-refractivity contribution in [2.45, 2.75) is 18.9 Å². The Morgan fingerprint density at radius 1 is 1.08 bits per heavy atom. The van der Waals surface area contributed by atoms with Crippen LogP contribution in [0.1, 0.15) is 13.3 Å². The number of carboxylic acid groups (broad SMARTS) is 2. The number of allylic oxidation sites excluding steroid dienone is 4. The van der Waals surface area contributed by atoms with E-state index in [1.165, 1.54) is 12.2 Å². The molecular formula is C21H21NO4. The van der Waals surface area contributed by atoms with E-state index in [0.717, 1.165) is 5.69 Å². The quantitative estimate of drug-likeness (QED) is 0.754. The minimum atomic E-state index is -1.36. The minimum absolute atomic E-state index is 0.0841. The molecule has 134 valence electrons. The molecule has 3 rings (SSSR count). The van der Waals surface area contributed by atoms with Gasteiger partial charge in [0.2, 0.25) is 0 Å². The van der Waals surface area contributed by atoms with Gasteiger partial charge in [0.25, 0.3) is 0 Å². The number of hydrogen-bond acceptors (Lipinski definition) is 3. The zero-order chi connectivity index (χ0) is 18.8. The van der Waals surface area contributed by atoms with E-state index in [2.05, 4.69) is 5.32 Å². The number of carbonyl (C=O) groups is 2. The van der Waals surface area contributed by atoms with Crippen LogP contribution in [0.2, 0.25) is 0 Å². The molecule has 2 aliphatic rings. The molecule has 0 saturated heterocycles. The molecule has 1 aromatic carbocycles. The van der Waals surface area contributed by atoms with Gasteiger partial charge >= 0.3 is 11.9 Å². The van der Waals surface area contributed by atoms with Crippen molar-refractivity contribution in [1.29, 1.82) is 0 Å². The molecule has 1 aromatic rings. The van der Waals surface area contributed by atoms with Crippen LogP contribution in [0.3, 0.4) is 0 Å². The number of benzene rings is 1. The van der Waals surface area contributed by atoms with E-state index in [4.69, 9.17) is 0 Å². The summed E-state index contributed by atoms with van der Waals surface area (Å²) in [4.78, 5) is 24.1. The molecule has 0 amide bonds. The summed E-state index contributed by atoms with van der Waals surface area (Å²) in [5.74, 6) is -2.96. The maximum Gasteiger partial charge on any atom is 0.331 e. The molecule has 0 aliphatic heterocycles. The summed E-state index contributed by atoms with van der Waals surface area (Å²) in [6.07, 6.45) is 12.6. The summed E-state index contributed by atoms with van der Waals surface area (Å²) in [7, 11) is 0. The van der Waals surface area contributed by atoms with Gasteiger partial charge in [-0.2, -0.15) is 0 Å². The monoisotopic (exact) mass is 351 g/mol. The summed E-state index contributed by atoms with van der Waals surface area (Å²) in [5.41, 5.74) is -1.35. The maximum absolute atomic E-state index is 12.2. The Morgan fingerprint density at radius 2 is 1.81 bits per heavy atom. The van der Waals surface area contributed by atoms with Gasteiger partial charge in [-0.15, -0.1) is 0 Å². The molecule has 3 atom stereocenters. The van der Waals surface area contributed by atoms with Crippen LogP contribution < -0.4 is 5.32 Å². The molecule has 0 fully saturated rings. The third-order valence-electron chi connectivity index (χ3n) is 5.10. The highest BCUT2D eigenvalue weighted by Crippen LogP contribution is 2.48. The molecule has 0 saturated carbocycles. The highest BCUT2D eigenvalue weighted by atomic mass is 16.4. The smallest absolute Gasteiger partial charge is 0.331 e. The lowest BCUT2D eigenvalue weighted by molar-refractivity contribution is -0.148. The van der Waals surface area contributed by atoms with E-state index in [-0.39, 0.29) is 5.57 Å². The first-order valence-corrected chi connectivity index (χ1v) is 8.43. The highest BCUT2D eigenvalue weighted by molar-refractivity contribution is 5.92. The van der Waals surface area contributed by atoms with Crippen LogP contribution in [0.15, 0.2) is 78.4 Å². The lowest BCUT2D eigenvalue weighted by atomic mass is 9.59. The molecule has 0 spiro atoms. The molecule has 5 heteroatoms. The summed E-state index contributed by atoms with van der Waals surface area (Å²) in [5, 5.41) is 23.1. The van der Waals surface area contributed by atoms with Gasteiger partial charge in [-0.25, -0.2) is 4.79 Å². The van der Waals surface area contributed by atoms with Gasteiger partial charge in [0.1, 0.15) is 0 Å². The lowest BCUT2D eigenvalue weighted by Gasteiger charge is -2.48. The van der Waals surface area contributed by atoms with Crippen molar-refractivity contribution in [1.82, 2.24) is 0 Å². The topological polar surface area (TPSA) is 86.6 Å². The van der Waals surface area contributed by atoms with Crippen LogP contribution >= 0.6 is 0 Å². The first kappa shape index (κ1) is 17.7. The Morgan fingerprint density at radius 3 is 2.38 bits per heavy atom. The molecule has 5 nitrogen and oxygen atoms in total. The van der Waals surface area contributed by atoms with E-state index in [9.17, 15) is 19.8 Å². The van der Waals surface area contributed by atoms with Gasteiger partial charge in [0, 0.05) is 17.2 Å². The van der Waals surface area contributed by atoms with Crippen LogP contribution in [0.4, 0.5) is 5.69 Å². The molecular weight excluding hydrogens is 330 g/mol. The fourth-order valence-corrected chi connectivity index (χ4v) is 3.88. The second-order valence-electron chi connectivity index (χ2n) is 6.83. The molecule has 0 radical (unpaired) electrons. The van der Waals surface area contributed by atoms with E-state index >= 15 is 0 Å². The third-order valence-corrected chi connectivity index (χ3v) is 5.10. The van der Waals surface area contributed by atoms with Crippen molar-refractivity contribution in [3.63, 3.8) is 0 Å². The fourth-order valence-electron chi connectivity index (χ4n) is 3.88. The van der Waals surface area contributed by atoms with Crippen LogP contribution in [0.5, 0.6) is 0 Å². The van der Waals surface area contributed by atoms with Crippen molar-refractivity contribution in [2.24, 2.45) is 11.3 Å². The largest absolute Gasteiger partial charge is 0.481 e. The fraction of sp³-hybridized carbons (Fsp3) is 0.238. The van der Waals surface area contributed by atoms with Gasteiger partial charge in [0.05, 0.1) is 11.0 Å². The normalized spacial score (nSPS) is 29.9. The van der Waals surface area contributed by atoms with E-state index in [1.807, 2.05) is 54.6 Å². The molecule has 0 aromatic heterocycles. The van der Waals surface area contributed by atoms with Crippen molar-refractivity contribution < 1.29 is 19.8 Å². The van der Waals surface area contributed by atoms with Crippen LogP contribution in [-0.2, 0) is 9.59 Å². The highest BCUT2D eigenvalue weighted by Gasteiger charge is 2.54. The average Bonchev–Trinajstić information content (AvgIpc) is 2.62. The van der Waals surface area contributed by atoms with Crippen molar-refractivity contribution in [3.05, 3.63) is 78.4 Å². The first-order valence-electron chi connectivity index (χ1n) is 8.43. The standard InChI is InChI=1S/C21H21NO4/c1-20(19(25)26)12-8-11-16(18(23)24)17(20)21(13-6-3-7-14-21)22-15-9-4-2-5-10-15/h2-13,17,22H,14H2,1H3,(H,23,24)(H,25,26). The predicted octanol–water partition coefficient (Wildman–Crippen LogP) is 3.64. The summed E-state index contributed by atoms with van der Waals surface area (Å²) >= 11 is 0.